The van der Waals surface area contributed by atoms with E-state index in [4.69, 9.17) is 0 Å². The van der Waals surface area contributed by atoms with E-state index in [2.05, 4.69) is 20.8 Å². The zero-order valence-corrected chi connectivity index (χ0v) is 12.5. The lowest BCUT2D eigenvalue weighted by atomic mass is 9.85. The number of hydrogen-bond donors (Lipinski definition) is 3. The molecule has 2 aromatic heterocycles. The second-order valence-corrected chi connectivity index (χ2v) is 5.87. The molecule has 1 fully saturated rings. The Kier molecular flexibility index (Phi) is 4.24. The average Bonchev–Trinajstić information content (AvgIpc) is 2.95. The molecule has 118 valence electrons. The van der Waals surface area contributed by atoms with E-state index < -0.39 is 5.60 Å². The Bertz CT molecular complexity index is 648. The first-order chi connectivity index (χ1) is 10.7. The Balaban J connectivity index is 1.50. The molecule has 1 aliphatic rings. The molecule has 0 aromatic carbocycles. The molecule has 7 heteroatoms. The molecule has 0 atom stereocenters. The molecular formula is C15H21N5O2. The monoisotopic (exact) mass is 303 g/mol. The van der Waals surface area contributed by atoms with Gasteiger partial charge in [0.15, 0.2) is 11.5 Å². The molecule has 2 amide bonds. The van der Waals surface area contributed by atoms with Crippen molar-refractivity contribution in [3.8, 4) is 0 Å². The fourth-order valence-corrected chi connectivity index (χ4v) is 2.86. The van der Waals surface area contributed by atoms with Gasteiger partial charge in [-0.15, -0.1) is 10.2 Å². The van der Waals surface area contributed by atoms with Crippen molar-refractivity contribution in [2.75, 3.05) is 6.54 Å². The van der Waals surface area contributed by atoms with Crippen LogP contribution in [0.1, 0.15) is 37.9 Å². The first-order valence-corrected chi connectivity index (χ1v) is 7.69. The lowest BCUT2D eigenvalue weighted by Gasteiger charge is -2.32. The number of fused-ring (bicyclic) bond motifs is 1. The van der Waals surface area contributed by atoms with Crippen LogP contribution in [-0.4, -0.2) is 37.9 Å². The third-order valence-electron chi connectivity index (χ3n) is 4.15. The Morgan fingerprint density at radius 1 is 1.23 bits per heavy atom. The molecule has 2 heterocycles. The summed E-state index contributed by atoms with van der Waals surface area (Å²) in [6.07, 6.45) is 6.56. The largest absolute Gasteiger partial charge is 0.388 e. The van der Waals surface area contributed by atoms with Crippen molar-refractivity contribution in [1.82, 2.24) is 25.2 Å². The SMILES string of the molecule is O=C(NCc1nnc2ccccn12)NCC1(O)CCCCC1. The normalized spacial score (nSPS) is 17.3. The second-order valence-electron chi connectivity index (χ2n) is 5.87. The molecule has 0 saturated heterocycles. The Morgan fingerprint density at radius 3 is 2.86 bits per heavy atom. The van der Waals surface area contributed by atoms with E-state index in [1.807, 2.05) is 28.8 Å². The van der Waals surface area contributed by atoms with Gasteiger partial charge in [0.05, 0.1) is 12.1 Å². The fraction of sp³-hybridized carbons (Fsp3) is 0.533. The molecule has 2 aromatic rings. The van der Waals surface area contributed by atoms with E-state index in [0.29, 0.717) is 12.4 Å². The van der Waals surface area contributed by atoms with Crippen molar-refractivity contribution in [2.24, 2.45) is 0 Å². The van der Waals surface area contributed by atoms with Crippen LogP contribution in [0.4, 0.5) is 4.79 Å². The molecule has 22 heavy (non-hydrogen) atoms. The lowest BCUT2D eigenvalue weighted by Crippen LogP contribution is -2.47. The first kappa shape index (κ1) is 14.8. The highest BCUT2D eigenvalue weighted by molar-refractivity contribution is 5.73. The molecule has 0 bridgehead atoms. The number of aliphatic hydroxyl groups is 1. The van der Waals surface area contributed by atoms with Gasteiger partial charge in [-0.05, 0) is 25.0 Å². The topological polar surface area (TPSA) is 91.6 Å². The maximum Gasteiger partial charge on any atom is 0.315 e. The fourth-order valence-electron chi connectivity index (χ4n) is 2.86. The maximum atomic E-state index is 11.9. The third kappa shape index (κ3) is 3.36. The van der Waals surface area contributed by atoms with Crippen molar-refractivity contribution in [3.63, 3.8) is 0 Å². The molecule has 0 aliphatic heterocycles. The number of urea groups is 1. The first-order valence-electron chi connectivity index (χ1n) is 7.69. The number of carbonyl (C=O) groups excluding carboxylic acids is 1. The van der Waals surface area contributed by atoms with Crippen molar-refractivity contribution in [2.45, 2.75) is 44.2 Å². The van der Waals surface area contributed by atoms with Crippen LogP contribution in [0.15, 0.2) is 24.4 Å². The second kappa shape index (κ2) is 6.31. The van der Waals surface area contributed by atoms with Gasteiger partial charge in [-0.2, -0.15) is 0 Å². The van der Waals surface area contributed by atoms with E-state index in [0.717, 1.165) is 37.8 Å². The number of nitrogens with one attached hydrogen (secondary N) is 2. The van der Waals surface area contributed by atoms with Crippen molar-refractivity contribution < 1.29 is 9.90 Å². The van der Waals surface area contributed by atoms with E-state index in [1.165, 1.54) is 0 Å². The molecule has 3 rings (SSSR count). The van der Waals surface area contributed by atoms with Crippen LogP contribution in [0.5, 0.6) is 0 Å². The summed E-state index contributed by atoms with van der Waals surface area (Å²) in [4.78, 5) is 11.9. The quantitative estimate of drug-likeness (QED) is 0.792. The standard InChI is InChI=1S/C15H21N5O2/c21-14(17-11-15(22)7-3-1-4-8-15)16-10-13-19-18-12-6-2-5-9-20(12)13/h2,5-6,9,22H,1,3-4,7-8,10-11H2,(H2,16,17,21). The predicted octanol–water partition coefficient (Wildman–Crippen LogP) is 1.22. The number of hydrogen-bond acceptors (Lipinski definition) is 4. The number of rotatable bonds is 4. The number of nitrogens with zero attached hydrogens (tertiary/aromatic N) is 3. The summed E-state index contributed by atoms with van der Waals surface area (Å²) in [5.74, 6) is 0.669. The molecule has 0 radical (unpaired) electrons. The molecule has 1 saturated carbocycles. The summed E-state index contributed by atoms with van der Waals surface area (Å²) in [5, 5.41) is 23.9. The minimum Gasteiger partial charge on any atom is -0.388 e. The minimum absolute atomic E-state index is 0.287. The third-order valence-corrected chi connectivity index (χ3v) is 4.15. The zero-order chi connectivity index (χ0) is 15.4. The van der Waals surface area contributed by atoms with E-state index in [1.54, 1.807) is 0 Å². The van der Waals surface area contributed by atoms with Crippen LogP contribution in [0, 0.1) is 0 Å². The van der Waals surface area contributed by atoms with Crippen LogP contribution in [0.25, 0.3) is 5.65 Å². The van der Waals surface area contributed by atoms with Gasteiger partial charge >= 0.3 is 6.03 Å². The van der Waals surface area contributed by atoms with Gasteiger partial charge in [0.25, 0.3) is 0 Å². The van der Waals surface area contributed by atoms with Crippen LogP contribution < -0.4 is 10.6 Å². The van der Waals surface area contributed by atoms with Crippen molar-refractivity contribution in [1.29, 1.82) is 0 Å². The molecule has 0 unspecified atom stereocenters. The maximum absolute atomic E-state index is 11.9. The van der Waals surface area contributed by atoms with E-state index >= 15 is 0 Å². The van der Waals surface area contributed by atoms with Gasteiger partial charge in [0, 0.05) is 12.7 Å². The number of carbonyl (C=O) groups is 1. The average molecular weight is 303 g/mol. The van der Waals surface area contributed by atoms with Crippen LogP contribution >= 0.6 is 0 Å². The van der Waals surface area contributed by atoms with Gasteiger partial charge in [-0.25, -0.2) is 4.79 Å². The summed E-state index contributed by atoms with van der Waals surface area (Å²) >= 11 is 0. The number of aromatic nitrogens is 3. The molecule has 3 N–H and O–H groups in total. The highest BCUT2D eigenvalue weighted by Crippen LogP contribution is 2.27. The molecule has 7 nitrogen and oxygen atoms in total. The minimum atomic E-state index is -0.753. The van der Waals surface area contributed by atoms with Crippen LogP contribution in [0.3, 0.4) is 0 Å². The molecule has 1 aliphatic carbocycles. The summed E-state index contributed by atoms with van der Waals surface area (Å²) in [7, 11) is 0. The Hall–Kier alpha value is -2.15. The van der Waals surface area contributed by atoms with Gasteiger partial charge in [-0.1, -0.05) is 25.3 Å². The van der Waals surface area contributed by atoms with E-state index in [-0.39, 0.29) is 12.6 Å². The summed E-state index contributed by atoms with van der Waals surface area (Å²) in [5.41, 5.74) is -0.00632. The predicted molar refractivity (Wildman–Crippen MR) is 81.3 cm³/mol. The summed E-state index contributed by atoms with van der Waals surface area (Å²) < 4.78 is 1.83. The highest BCUT2D eigenvalue weighted by atomic mass is 16.3. The summed E-state index contributed by atoms with van der Waals surface area (Å²) in [6.45, 7) is 0.578. The number of pyridine rings is 1. The van der Waals surface area contributed by atoms with Crippen molar-refractivity contribution >= 4 is 11.7 Å². The smallest absolute Gasteiger partial charge is 0.315 e. The van der Waals surface area contributed by atoms with Crippen LogP contribution in [0.2, 0.25) is 0 Å². The van der Waals surface area contributed by atoms with Gasteiger partial charge in [0.2, 0.25) is 0 Å². The molecule has 0 spiro atoms. The van der Waals surface area contributed by atoms with Crippen molar-refractivity contribution in [3.05, 3.63) is 30.2 Å². The van der Waals surface area contributed by atoms with Gasteiger partial charge in [-0.3, -0.25) is 4.40 Å². The Labute approximate surface area is 128 Å². The van der Waals surface area contributed by atoms with Crippen LogP contribution in [-0.2, 0) is 6.54 Å². The van der Waals surface area contributed by atoms with E-state index in [9.17, 15) is 9.90 Å². The van der Waals surface area contributed by atoms with Gasteiger partial charge < -0.3 is 15.7 Å². The zero-order valence-electron chi connectivity index (χ0n) is 12.5. The van der Waals surface area contributed by atoms with Gasteiger partial charge in [0.1, 0.15) is 0 Å². The highest BCUT2D eigenvalue weighted by Gasteiger charge is 2.29. The lowest BCUT2D eigenvalue weighted by molar-refractivity contribution is 0.00719. The molecular weight excluding hydrogens is 282 g/mol. The Morgan fingerprint density at radius 2 is 2.05 bits per heavy atom. The summed E-state index contributed by atoms with van der Waals surface area (Å²) in [6, 6.07) is 5.33. The number of amides is 2.